The summed E-state index contributed by atoms with van der Waals surface area (Å²) in [6.07, 6.45) is 10.1. The van der Waals surface area contributed by atoms with Crippen LogP contribution in [0.25, 0.3) is 0 Å². The Bertz CT molecular complexity index is 322. The summed E-state index contributed by atoms with van der Waals surface area (Å²) in [4.78, 5) is 0. The number of rotatable bonds is 3. The standard InChI is InChI=1S/C15H24O/c1-11(2)5-10-14-15(4,16-14)13-8-6-12(3)7-9-13/h5-6,13-14H,7-10H2,1-4H3/t13?,14-,15+/m0/s1. The molecule has 1 aliphatic heterocycles. The molecule has 0 bridgehead atoms. The molecule has 1 heterocycles. The second-order valence-electron chi connectivity index (χ2n) is 5.83. The fraction of sp³-hybridized carbons (Fsp3) is 0.733. The molecule has 90 valence electrons. The molecule has 2 rings (SSSR count). The topological polar surface area (TPSA) is 12.5 Å². The quantitative estimate of drug-likeness (QED) is 0.512. The fourth-order valence-electron chi connectivity index (χ4n) is 2.74. The molecule has 0 saturated carbocycles. The van der Waals surface area contributed by atoms with Gasteiger partial charge in [0.25, 0.3) is 0 Å². The van der Waals surface area contributed by atoms with Crippen LogP contribution in [0.3, 0.4) is 0 Å². The van der Waals surface area contributed by atoms with Crippen molar-refractivity contribution in [2.45, 2.75) is 65.1 Å². The molecule has 1 heteroatoms. The maximum atomic E-state index is 5.96. The van der Waals surface area contributed by atoms with Gasteiger partial charge in [0.05, 0.1) is 11.7 Å². The molecule has 1 aliphatic carbocycles. The molecular formula is C15H24O. The Balaban J connectivity index is 1.89. The Morgan fingerprint density at radius 1 is 1.56 bits per heavy atom. The minimum atomic E-state index is 0.170. The van der Waals surface area contributed by atoms with Crippen LogP contribution < -0.4 is 0 Å². The van der Waals surface area contributed by atoms with Crippen LogP contribution in [-0.2, 0) is 4.74 Å². The molecule has 0 spiro atoms. The zero-order chi connectivity index (χ0) is 11.8. The summed E-state index contributed by atoms with van der Waals surface area (Å²) < 4.78 is 5.96. The van der Waals surface area contributed by atoms with Gasteiger partial charge in [0, 0.05) is 0 Å². The molecule has 1 nitrogen and oxygen atoms in total. The Morgan fingerprint density at radius 3 is 2.88 bits per heavy atom. The van der Waals surface area contributed by atoms with Crippen molar-refractivity contribution < 1.29 is 4.74 Å². The molecular weight excluding hydrogens is 196 g/mol. The van der Waals surface area contributed by atoms with Gasteiger partial charge in [-0.25, -0.2) is 0 Å². The highest BCUT2D eigenvalue weighted by molar-refractivity contribution is 5.13. The lowest BCUT2D eigenvalue weighted by Crippen LogP contribution is -2.25. The molecule has 0 aromatic heterocycles. The normalized spacial score (nSPS) is 37.9. The molecule has 1 saturated heterocycles. The van der Waals surface area contributed by atoms with Crippen molar-refractivity contribution in [2.24, 2.45) is 5.92 Å². The van der Waals surface area contributed by atoms with Crippen LogP contribution >= 0.6 is 0 Å². The van der Waals surface area contributed by atoms with Crippen molar-refractivity contribution >= 4 is 0 Å². The van der Waals surface area contributed by atoms with E-state index in [0.29, 0.717) is 6.10 Å². The van der Waals surface area contributed by atoms with Crippen LogP contribution in [0.4, 0.5) is 0 Å². The second kappa shape index (κ2) is 4.37. The zero-order valence-electron chi connectivity index (χ0n) is 11.0. The fourth-order valence-corrected chi connectivity index (χ4v) is 2.74. The number of hydrogen-bond donors (Lipinski definition) is 0. The van der Waals surface area contributed by atoms with Crippen molar-refractivity contribution in [3.63, 3.8) is 0 Å². The van der Waals surface area contributed by atoms with E-state index in [4.69, 9.17) is 4.74 Å². The highest BCUT2D eigenvalue weighted by Gasteiger charge is 2.55. The van der Waals surface area contributed by atoms with Crippen molar-refractivity contribution in [3.8, 4) is 0 Å². The Kier molecular flexibility index (Phi) is 3.25. The molecule has 0 aromatic carbocycles. The van der Waals surface area contributed by atoms with E-state index < -0.39 is 0 Å². The van der Waals surface area contributed by atoms with Crippen molar-refractivity contribution in [1.29, 1.82) is 0 Å². The number of allylic oxidation sites excluding steroid dienone is 3. The van der Waals surface area contributed by atoms with E-state index in [1.54, 1.807) is 5.57 Å². The smallest absolute Gasteiger partial charge is 0.0954 e. The molecule has 0 radical (unpaired) electrons. The first-order valence-electron chi connectivity index (χ1n) is 6.49. The predicted octanol–water partition coefficient (Wildman–Crippen LogP) is 4.25. The van der Waals surface area contributed by atoms with Gasteiger partial charge in [-0.2, -0.15) is 0 Å². The molecule has 0 aromatic rings. The molecule has 1 unspecified atom stereocenters. The first-order chi connectivity index (χ1) is 7.52. The van der Waals surface area contributed by atoms with Crippen LogP contribution in [-0.4, -0.2) is 11.7 Å². The van der Waals surface area contributed by atoms with Gasteiger partial charge < -0.3 is 4.74 Å². The maximum absolute atomic E-state index is 5.96. The minimum absolute atomic E-state index is 0.170. The van der Waals surface area contributed by atoms with Gasteiger partial charge in [0.15, 0.2) is 0 Å². The van der Waals surface area contributed by atoms with E-state index in [2.05, 4.69) is 39.8 Å². The lowest BCUT2D eigenvalue weighted by Gasteiger charge is -2.24. The molecule has 0 amide bonds. The van der Waals surface area contributed by atoms with Crippen molar-refractivity contribution in [3.05, 3.63) is 23.3 Å². The molecule has 3 atom stereocenters. The Labute approximate surface area is 99.6 Å². The number of epoxide rings is 1. The number of hydrogen-bond acceptors (Lipinski definition) is 1. The van der Waals surface area contributed by atoms with E-state index in [1.807, 2.05) is 0 Å². The first kappa shape index (κ1) is 11.9. The Hall–Kier alpha value is -0.560. The minimum Gasteiger partial charge on any atom is -0.366 e. The van der Waals surface area contributed by atoms with Crippen molar-refractivity contribution in [1.82, 2.24) is 0 Å². The lowest BCUT2D eigenvalue weighted by molar-refractivity contribution is 0.218. The van der Waals surface area contributed by atoms with E-state index >= 15 is 0 Å². The van der Waals surface area contributed by atoms with Crippen LogP contribution in [0.5, 0.6) is 0 Å². The highest BCUT2D eigenvalue weighted by atomic mass is 16.6. The van der Waals surface area contributed by atoms with Crippen LogP contribution in [0, 0.1) is 5.92 Å². The summed E-state index contributed by atoms with van der Waals surface area (Å²) >= 11 is 0. The highest BCUT2D eigenvalue weighted by Crippen LogP contribution is 2.49. The van der Waals surface area contributed by atoms with Crippen LogP contribution in [0.1, 0.15) is 53.4 Å². The van der Waals surface area contributed by atoms with Gasteiger partial charge in [-0.15, -0.1) is 0 Å². The molecule has 1 fully saturated rings. The van der Waals surface area contributed by atoms with E-state index in [0.717, 1.165) is 12.3 Å². The average molecular weight is 220 g/mol. The second-order valence-corrected chi connectivity index (χ2v) is 5.83. The van der Waals surface area contributed by atoms with Gasteiger partial charge in [-0.3, -0.25) is 0 Å². The largest absolute Gasteiger partial charge is 0.366 e. The van der Waals surface area contributed by atoms with Gasteiger partial charge in [-0.05, 0) is 59.3 Å². The monoisotopic (exact) mass is 220 g/mol. The summed E-state index contributed by atoms with van der Waals surface area (Å²) in [5.74, 6) is 0.742. The van der Waals surface area contributed by atoms with Gasteiger partial charge in [0.2, 0.25) is 0 Å². The van der Waals surface area contributed by atoms with Crippen molar-refractivity contribution in [2.75, 3.05) is 0 Å². The van der Waals surface area contributed by atoms with Gasteiger partial charge in [0.1, 0.15) is 0 Å². The van der Waals surface area contributed by atoms with E-state index in [9.17, 15) is 0 Å². The summed E-state index contributed by atoms with van der Waals surface area (Å²) in [6, 6.07) is 0. The number of ether oxygens (including phenoxy) is 1. The third kappa shape index (κ3) is 2.40. The molecule has 16 heavy (non-hydrogen) atoms. The third-order valence-electron chi connectivity index (χ3n) is 4.17. The van der Waals surface area contributed by atoms with Gasteiger partial charge >= 0.3 is 0 Å². The van der Waals surface area contributed by atoms with Gasteiger partial charge in [-0.1, -0.05) is 23.3 Å². The maximum Gasteiger partial charge on any atom is 0.0954 e. The Morgan fingerprint density at radius 2 is 2.31 bits per heavy atom. The summed E-state index contributed by atoms with van der Waals surface area (Å²) in [5, 5.41) is 0. The summed E-state index contributed by atoms with van der Waals surface area (Å²) in [5.41, 5.74) is 3.13. The zero-order valence-corrected chi connectivity index (χ0v) is 11.0. The van der Waals surface area contributed by atoms with E-state index in [-0.39, 0.29) is 5.60 Å². The third-order valence-corrected chi connectivity index (χ3v) is 4.17. The molecule has 0 N–H and O–H groups in total. The van der Waals surface area contributed by atoms with E-state index in [1.165, 1.54) is 24.8 Å². The predicted molar refractivity (Wildman–Crippen MR) is 68.4 cm³/mol. The SMILES string of the molecule is CC(C)=CC[C@@H]1O[C@]1(C)C1CC=C(C)CC1. The lowest BCUT2D eigenvalue weighted by atomic mass is 9.79. The summed E-state index contributed by atoms with van der Waals surface area (Å²) in [6.45, 7) is 8.86. The summed E-state index contributed by atoms with van der Waals surface area (Å²) in [7, 11) is 0. The van der Waals surface area contributed by atoms with Crippen LogP contribution in [0.15, 0.2) is 23.3 Å². The first-order valence-corrected chi connectivity index (χ1v) is 6.49. The molecule has 2 aliphatic rings. The van der Waals surface area contributed by atoms with Crippen LogP contribution in [0.2, 0.25) is 0 Å². The average Bonchev–Trinajstić information content (AvgIpc) is 2.89.